The highest BCUT2D eigenvalue weighted by Gasteiger charge is 2.30. The zero-order valence-electron chi connectivity index (χ0n) is 13.6. The Morgan fingerprint density at radius 2 is 1.36 bits per heavy atom. The summed E-state index contributed by atoms with van der Waals surface area (Å²) in [6.07, 6.45) is 8.12. The third-order valence-corrected chi connectivity index (χ3v) is 5.46. The highest BCUT2D eigenvalue weighted by Crippen LogP contribution is 2.26. The van der Waals surface area contributed by atoms with Gasteiger partial charge in [0.2, 0.25) is 11.8 Å². The van der Waals surface area contributed by atoms with E-state index in [-0.39, 0.29) is 11.8 Å². The first-order valence-corrected chi connectivity index (χ1v) is 9.03. The van der Waals surface area contributed by atoms with Crippen molar-refractivity contribution in [1.82, 2.24) is 14.7 Å². The van der Waals surface area contributed by atoms with Gasteiger partial charge in [-0.2, -0.15) is 0 Å². The molecule has 0 aromatic heterocycles. The second-order valence-electron chi connectivity index (χ2n) is 7.02. The van der Waals surface area contributed by atoms with Gasteiger partial charge in [-0.3, -0.25) is 14.5 Å². The Labute approximate surface area is 133 Å². The van der Waals surface area contributed by atoms with Crippen LogP contribution in [-0.2, 0) is 9.59 Å². The molecule has 2 aliphatic heterocycles. The van der Waals surface area contributed by atoms with Gasteiger partial charge in [-0.25, -0.2) is 0 Å². The van der Waals surface area contributed by atoms with Crippen LogP contribution < -0.4 is 0 Å². The SMILES string of the molecule is O=C(CN1CCN(C(=O)C2CCCC2)CC1)N1CCCCC1. The van der Waals surface area contributed by atoms with Gasteiger partial charge >= 0.3 is 0 Å². The molecule has 0 aromatic rings. The average molecular weight is 307 g/mol. The van der Waals surface area contributed by atoms with E-state index in [1.54, 1.807) is 0 Å². The van der Waals surface area contributed by atoms with E-state index in [9.17, 15) is 9.59 Å². The quantitative estimate of drug-likeness (QED) is 0.790. The zero-order chi connectivity index (χ0) is 15.4. The van der Waals surface area contributed by atoms with Crippen molar-refractivity contribution >= 4 is 11.8 Å². The molecule has 0 N–H and O–H groups in total. The van der Waals surface area contributed by atoms with E-state index in [1.807, 2.05) is 9.80 Å². The summed E-state index contributed by atoms with van der Waals surface area (Å²) in [5.74, 6) is 0.913. The van der Waals surface area contributed by atoms with Crippen LogP contribution in [0.25, 0.3) is 0 Å². The zero-order valence-corrected chi connectivity index (χ0v) is 13.6. The molecule has 3 fully saturated rings. The molecule has 5 heteroatoms. The molecule has 3 rings (SSSR count). The standard InChI is InChI=1S/C17H29N3O2/c21-16(19-8-4-1-5-9-19)14-18-10-12-20(13-11-18)17(22)15-6-2-3-7-15/h15H,1-14H2. The van der Waals surface area contributed by atoms with Crippen molar-refractivity contribution in [2.24, 2.45) is 5.92 Å². The van der Waals surface area contributed by atoms with Crippen molar-refractivity contribution in [3.05, 3.63) is 0 Å². The van der Waals surface area contributed by atoms with Gasteiger partial charge in [0.15, 0.2) is 0 Å². The van der Waals surface area contributed by atoms with Gasteiger partial charge < -0.3 is 9.80 Å². The van der Waals surface area contributed by atoms with Crippen LogP contribution >= 0.6 is 0 Å². The third kappa shape index (κ3) is 3.80. The van der Waals surface area contributed by atoms with Gasteiger partial charge in [0.25, 0.3) is 0 Å². The number of carbonyl (C=O) groups excluding carboxylic acids is 2. The van der Waals surface area contributed by atoms with Crippen molar-refractivity contribution in [3.63, 3.8) is 0 Å². The number of piperazine rings is 1. The smallest absolute Gasteiger partial charge is 0.236 e. The Balaban J connectivity index is 1.41. The fourth-order valence-corrected chi connectivity index (χ4v) is 3.99. The van der Waals surface area contributed by atoms with Crippen molar-refractivity contribution < 1.29 is 9.59 Å². The molecule has 22 heavy (non-hydrogen) atoms. The molecule has 0 atom stereocenters. The number of piperidine rings is 1. The van der Waals surface area contributed by atoms with Gasteiger partial charge in [-0.15, -0.1) is 0 Å². The Kier molecular flexibility index (Phi) is 5.34. The van der Waals surface area contributed by atoms with Crippen molar-refractivity contribution in [2.45, 2.75) is 44.9 Å². The van der Waals surface area contributed by atoms with Crippen LogP contribution in [0.4, 0.5) is 0 Å². The number of rotatable bonds is 3. The molecule has 5 nitrogen and oxygen atoms in total. The van der Waals surface area contributed by atoms with Crippen molar-refractivity contribution in [1.29, 1.82) is 0 Å². The molecule has 1 aliphatic carbocycles. The van der Waals surface area contributed by atoms with E-state index < -0.39 is 0 Å². The van der Waals surface area contributed by atoms with Gasteiger partial charge in [-0.05, 0) is 32.1 Å². The number of nitrogens with zero attached hydrogens (tertiary/aromatic N) is 3. The summed E-state index contributed by atoms with van der Waals surface area (Å²) in [6.45, 7) is 5.67. The lowest BCUT2D eigenvalue weighted by atomic mass is 10.1. The van der Waals surface area contributed by atoms with Crippen molar-refractivity contribution in [2.75, 3.05) is 45.8 Å². The lowest BCUT2D eigenvalue weighted by Gasteiger charge is -2.37. The van der Waals surface area contributed by atoms with Gasteiger partial charge in [0.1, 0.15) is 0 Å². The first-order chi connectivity index (χ1) is 10.7. The summed E-state index contributed by atoms with van der Waals surface area (Å²) >= 11 is 0. The minimum absolute atomic E-state index is 0.273. The Morgan fingerprint density at radius 3 is 2.00 bits per heavy atom. The van der Waals surface area contributed by atoms with Gasteiger partial charge in [-0.1, -0.05) is 12.8 Å². The summed E-state index contributed by atoms with van der Waals surface area (Å²) in [5, 5.41) is 0. The number of likely N-dealkylation sites (tertiary alicyclic amines) is 1. The molecule has 0 aromatic carbocycles. The normalized spacial score (nSPS) is 24.7. The number of carbonyl (C=O) groups is 2. The average Bonchev–Trinajstić information content (AvgIpc) is 3.10. The van der Waals surface area contributed by atoms with Gasteiger partial charge in [0, 0.05) is 45.2 Å². The minimum atomic E-state index is 0.273. The van der Waals surface area contributed by atoms with E-state index in [4.69, 9.17) is 0 Å². The van der Waals surface area contributed by atoms with Crippen LogP contribution in [0, 0.1) is 5.92 Å². The molecule has 2 heterocycles. The first-order valence-electron chi connectivity index (χ1n) is 9.03. The van der Waals surface area contributed by atoms with Crippen LogP contribution in [0.3, 0.4) is 0 Å². The molecule has 2 amide bonds. The van der Waals surface area contributed by atoms with Crippen molar-refractivity contribution in [3.8, 4) is 0 Å². The second-order valence-corrected chi connectivity index (χ2v) is 7.02. The van der Waals surface area contributed by atoms with Crippen LogP contribution in [0.1, 0.15) is 44.9 Å². The fourth-order valence-electron chi connectivity index (χ4n) is 3.99. The van der Waals surface area contributed by atoms with E-state index in [2.05, 4.69) is 4.90 Å². The molecule has 0 bridgehead atoms. The summed E-state index contributed by atoms with van der Waals surface area (Å²) in [5.41, 5.74) is 0. The monoisotopic (exact) mass is 307 g/mol. The maximum absolute atomic E-state index is 12.4. The maximum Gasteiger partial charge on any atom is 0.236 e. The van der Waals surface area contributed by atoms with E-state index in [1.165, 1.54) is 19.3 Å². The Bertz CT molecular complexity index is 393. The number of hydrogen-bond donors (Lipinski definition) is 0. The number of hydrogen-bond acceptors (Lipinski definition) is 3. The molecule has 0 radical (unpaired) electrons. The molecule has 3 aliphatic rings. The van der Waals surface area contributed by atoms with E-state index in [0.29, 0.717) is 12.5 Å². The minimum Gasteiger partial charge on any atom is -0.342 e. The van der Waals surface area contributed by atoms with Crippen LogP contribution in [-0.4, -0.2) is 72.3 Å². The molecule has 2 saturated heterocycles. The lowest BCUT2D eigenvalue weighted by molar-refractivity contribution is -0.138. The van der Waals surface area contributed by atoms with E-state index in [0.717, 1.165) is 65.0 Å². The topological polar surface area (TPSA) is 43.9 Å². The number of amides is 2. The largest absolute Gasteiger partial charge is 0.342 e. The molecule has 1 saturated carbocycles. The predicted molar refractivity (Wildman–Crippen MR) is 85.4 cm³/mol. The van der Waals surface area contributed by atoms with Crippen LogP contribution in [0.5, 0.6) is 0 Å². The molecule has 124 valence electrons. The lowest BCUT2D eigenvalue weighted by Crippen LogP contribution is -2.52. The molecular formula is C17H29N3O2. The van der Waals surface area contributed by atoms with Crippen LogP contribution in [0.2, 0.25) is 0 Å². The highest BCUT2D eigenvalue weighted by atomic mass is 16.2. The molecule has 0 unspecified atom stereocenters. The summed E-state index contributed by atoms with van der Waals surface area (Å²) < 4.78 is 0. The highest BCUT2D eigenvalue weighted by molar-refractivity contribution is 5.80. The maximum atomic E-state index is 12.4. The van der Waals surface area contributed by atoms with Crippen LogP contribution in [0.15, 0.2) is 0 Å². The second kappa shape index (κ2) is 7.44. The third-order valence-electron chi connectivity index (χ3n) is 5.46. The van der Waals surface area contributed by atoms with Gasteiger partial charge in [0.05, 0.1) is 6.54 Å². The summed E-state index contributed by atoms with van der Waals surface area (Å²) in [4.78, 5) is 31.0. The summed E-state index contributed by atoms with van der Waals surface area (Å²) in [7, 11) is 0. The first kappa shape index (κ1) is 15.8. The van der Waals surface area contributed by atoms with E-state index >= 15 is 0 Å². The predicted octanol–water partition coefficient (Wildman–Crippen LogP) is 1.33. The molecule has 0 spiro atoms. The fraction of sp³-hybridized carbons (Fsp3) is 0.882. The summed E-state index contributed by atoms with van der Waals surface area (Å²) in [6, 6.07) is 0. The Morgan fingerprint density at radius 1 is 0.727 bits per heavy atom. The molecular weight excluding hydrogens is 278 g/mol. The Hall–Kier alpha value is -1.10.